The van der Waals surface area contributed by atoms with Crippen LogP contribution in [0.2, 0.25) is 0 Å². The number of hydrogen-bond acceptors (Lipinski definition) is 2. The van der Waals surface area contributed by atoms with Gasteiger partial charge in [0, 0.05) is 5.92 Å². The molecule has 0 saturated heterocycles. The van der Waals surface area contributed by atoms with Crippen LogP contribution < -0.4 is 4.74 Å². The Labute approximate surface area is 150 Å². The number of unbranched alkanes of at least 4 members (excludes halogenated alkanes) is 2. The Kier molecular flexibility index (Phi) is 7.86. The number of ketones is 1. The van der Waals surface area contributed by atoms with Crippen molar-refractivity contribution in [3.05, 3.63) is 29.3 Å². The molecule has 0 amide bonds. The Hall–Kier alpha value is -1.45. The first-order chi connectivity index (χ1) is 12.1. The molecule has 1 aliphatic carbocycles. The van der Waals surface area contributed by atoms with Crippen molar-refractivity contribution in [2.24, 2.45) is 11.8 Å². The van der Waals surface area contributed by atoms with E-state index in [0.717, 1.165) is 51.4 Å². The number of carbonyl (C=O) groups is 1. The minimum atomic E-state index is -1.06. The second kappa shape index (κ2) is 9.88. The van der Waals surface area contributed by atoms with Crippen molar-refractivity contribution < 1.29 is 18.3 Å². The summed E-state index contributed by atoms with van der Waals surface area (Å²) in [5.74, 6) is -1.97. The molecule has 1 fully saturated rings. The highest BCUT2D eigenvalue weighted by atomic mass is 19.2. The lowest BCUT2D eigenvalue weighted by Crippen LogP contribution is -2.23. The summed E-state index contributed by atoms with van der Waals surface area (Å²) >= 11 is 0. The Morgan fingerprint density at radius 2 is 1.76 bits per heavy atom. The predicted octanol–water partition coefficient (Wildman–Crippen LogP) is 6.32. The van der Waals surface area contributed by atoms with E-state index in [1.165, 1.54) is 18.6 Å². The van der Waals surface area contributed by atoms with E-state index in [-0.39, 0.29) is 23.0 Å². The molecule has 0 bridgehead atoms. The fraction of sp³-hybridized carbons (Fsp3) is 0.667. The van der Waals surface area contributed by atoms with Crippen LogP contribution in [0.3, 0.4) is 0 Å². The number of halogens is 2. The van der Waals surface area contributed by atoms with Gasteiger partial charge >= 0.3 is 0 Å². The minimum absolute atomic E-state index is 0.100. The van der Waals surface area contributed by atoms with E-state index < -0.39 is 11.6 Å². The van der Waals surface area contributed by atoms with Crippen molar-refractivity contribution in [2.45, 2.75) is 71.6 Å². The number of rotatable bonds is 9. The van der Waals surface area contributed by atoms with E-state index in [2.05, 4.69) is 13.8 Å². The van der Waals surface area contributed by atoms with E-state index in [9.17, 15) is 13.6 Å². The lowest BCUT2D eigenvalue weighted by Gasteiger charge is -2.27. The van der Waals surface area contributed by atoms with Crippen LogP contribution in [0.1, 0.15) is 82.0 Å². The maximum absolute atomic E-state index is 14.4. The zero-order valence-electron chi connectivity index (χ0n) is 15.5. The van der Waals surface area contributed by atoms with Gasteiger partial charge in [-0.15, -0.1) is 0 Å². The molecular weight excluding hydrogens is 322 g/mol. The summed E-state index contributed by atoms with van der Waals surface area (Å²) in [5.41, 5.74) is -0.127. The molecule has 2 nitrogen and oxygen atoms in total. The Balaban J connectivity index is 1.99. The highest BCUT2D eigenvalue weighted by molar-refractivity contribution is 5.98. The number of Topliss-reactive ketones (excluding diaryl/α,β-unsaturated/α-hetero) is 1. The van der Waals surface area contributed by atoms with Crippen LogP contribution in [0.5, 0.6) is 5.75 Å². The molecule has 0 radical (unpaired) electrons. The largest absolute Gasteiger partial charge is 0.490 e. The maximum atomic E-state index is 14.4. The van der Waals surface area contributed by atoms with E-state index >= 15 is 0 Å². The number of ether oxygens (including phenoxy) is 1. The highest BCUT2D eigenvalue weighted by Gasteiger charge is 2.29. The van der Waals surface area contributed by atoms with E-state index in [1.807, 2.05) is 0 Å². The van der Waals surface area contributed by atoms with Crippen LogP contribution in [0.4, 0.5) is 8.78 Å². The van der Waals surface area contributed by atoms with Crippen molar-refractivity contribution in [2.75, 3.05) is 6.61 Å². The molecule has 0 spiro atoms. The van der Waals surface area contributed by atoms with Gasteiger partial charge in [0.1, 0.15) is 0 Å². The van der Waals surface area contributed by atoms with Gasteiger partial charge in [0.25, 0.3) is 0 Å². The van der Waals surface area contributed by atoms with Gasteiger partial charge in [-0.2, -0.15) is 4.39 Å². The summed E-state index contributed by atoms with van der Waals surface area (Å²) in [4.78, 5) is 12.6. The Bertz CT molecular complexity index is 563. The fourth-order valence-corrected chi connectivity index (χ4v) is 3.71. The monoisotopic (exact) mass is 352 g/mol. The third-order valence-electron chi connectivity index (χ3n) is 5.23. The van der Waals surface area contributed by atoms with Crippen molar-refractivity contribution in [1.29, 1.82) is 0 Å². The first-order valence-electron chi connectivity index (χ1n) is 9.73. The van der Waals surface area contributed by atoms with Gasteiger partial charge in [0.2, 0.25) is 5.82 Å². The first kappa shape index (κ1) is 19.9. The summed E-state index contributed by atoms with van der Waals surface area (Å²) in [6.07, 6.45) is 8.74. The third-order valence-corrected chi connectivity index (χ3v) is 5.23. The highest BCUT2D eigenvalue weighted by Crippen LogP contribution is 2.34. The minimum Gasteiger partial charge on any atom is -0.490 e. The van der Waals surface area contributed by atoms with Crippen molar-refractivity contribution >= 4 is 5.78 Å². The molecule has 0 heterocycles. The number of benzene rings is 1. The Morgan fingerprint density at radius 3 is 2.40 bits per heavy atom. The zero-order chi connectivity index (χ0) is 18.2. The Morgan fingerprint density at radius 1 is 1.04 bits per heavy atom. The first-order valence-corrected chi connectivity index (χ1v) is 9.73. The van der Waals surface area contributed by atoms with Crippen molar-refractivity contribution in [1.82, 2.24) is 0 Å². The maximum Gasteiger partial charge on any atom is 0.201 e. The van der Waals surface area contributed by atoms with Crippen LogP contribution in [0.15, 0.2) is 12.1 Å². The molecule has 1 saturated carbocycles. The number of carbonyl (C=O) groups excluding carboxylic acids is 1. The topological polar surface area (TPSA) is 26.3 Å². The van der Waals surface area contributed by atoms with Crippen LogP contribution in [-0.4, -0.2) is 12.4 Å². The molecule has 1 aromatic carbocycles. The van der Waals surface area contributed by atoms with Gasteiger partial charge in [-0.1, -0.05) is 39.5 Å². The summed E-state index contributed by atoms with van der Waals surface area (Å²) in [6.45, 7) is 4.59. The molecule has 0 unspecified atom stereocenters. The second-order valence-electron chi connectivity index (χ2n) is 7.17. The van der Waals surface area contributed by atoms with Gasteiger partial charge < -0.3 is 4.74 Å². The van der Waals surface area contributed by atoms with Gasteiger partial charge in [0.05, 0.1) is 12.2 Å². The van der Waals surface area contributed by atoms with E-state index in [0.29, 0.717) is 12.5 Å². The van der Waals surface area contributed by atoms with Gasteiger partial charge in [0.15, 0.2) is 17.3 Å². The third kappa shape index (κ3) is 5.26. The molecule has 0 atom stereocenters. The zero-order valence-corrected chi connectivity index (χ0v) is 15.5. The van der Waals surface area contributed by atoms with Crippen LogP contribution in [0, 0.1) is 23.5 Å². The van der Waals surface area contributed by atoms with E-state index in [1.54, 1.807) is 0 Å². The molecular formula is C21H30F2O2. The van der Waals surface area contributed by atoms with Crippen LogP contribution >= 0.6 is 0 Å². The average molecular weight is 352 g/mol. The average Bonchev–Trinajstić information content (AvgIpc) is 2.62. The van der Waals surface area contributed by atoms with E-state index in [4.69, 9.17) is 4.74 Å². The molecule has 4 heteroatoms. The normalized spacial score (nSPS) is 20.5. The summed E-state index contributed by atoms with van der Waals surface area (Å²) < 4.78 is 33.9. The van der Waals surface area contributed by atoms with Gasteiger partial charge in [-0.3, -0.25) is 4.79 Å². The molecule has 1 aliphatic rings. The lowest BCUT2D eigenvalue weighted by molar-refractivity contribution is 0.0864. The standard InChI is InChI=1S/C21H30F2O2/c1-3-5-6-14-25-18-13-12-17(19(22)20(18)23)21(24)16-10-8-15(7-4-2)9-11-16/h12-13,15-16H,3-11,14H2,1-2H3. The van der Waals surface area contributed by atoms with Crippen LogP contribution in [-0.2, 0) is 0 Å². The summed E-state index contributed by atoms with van der Waals surface area (Å²) in [6, 6.07) is 2.77. The van der Waals surface area contributed by atoms with Gasteiger partial charge in [-0.25, -0.2) is 4.39 Å². The molecule has 1 aromatic rings. The molecule has 0 N–H and O–H groups in total. The predicted molar refractivity (Wildman–Crippen MR) is 96.1 cm³/mol. The van der Waals surface area contributed by atoms with Crippen molar-refractivity contribution in [3.63, 3.8) is 0 Å². The smallest absolute Gasteiger partial charge is 0.201 e. The number of hydrogen-bond donors (Lipinski definition) is 0. The molecule has 140 valence electrons. The lowest BCUT2D eigenvalue weighted by atomic mass is 9.77. The molecule has 25 heavy (non-hydrogen) atoms. The molecule has 2 rings (SSSR count). The molecule has 0 aromatic heterocycles. The summed E-state index contributed by atoms with van der Waals surface area (Å²) in [7, 11) is 0. The second-order valence-corrected chi connectivity index (χ2v) is 7.17. The van der Waals surface area contributed by atoms with Crippen molar-refractivity contribution in [3.8, 4) is 5.75 Å². The molecule has 0 aliphatic heterocycles. The van der Waals surface area contributed by atoms with Crippen LogP contribution in [0.25, 0.3) is 0 Å². The SMILES string of the molecule is CCCCCOc1ccc(C(=O)C2CCC(CCC)CC2)c(F)c1F. The summed E-state index contributed by atoms with van der Waals surface area (Å²) in [5, 5.41) is 0. The quantitative estimate of drug-likeness (QED) is 0.384. The van der Waals surface area contributed by atoms with Gasteiger partial charge in [-0.05, 0) is 50.2 Å². The fourth-order valence-electron chi connectivity index (χ4n) is 3.71.